The first kappa shape index (κ1) is 23.8. The molecule has 1 amide bonds. The first-order chi connectivity index (χ1) is 18.4. The Morgan fingerprint density at radius 1 is 0.947 bits per heavy atom. The molecule has 38 heavy (non-hydrogen) atoms. The summed E-state index contributed by atoms with van der Waals surface area (Å²) in [6, 6.07) is 17.2. The quantitative estimate of drug-likeness (QED) is 0.311. The van der Waals surface area contributed by atoms with Crippen molar-refractivity contribution in [3.8, 4) is 5.75 Å². The van der Waals surface area contributed by atoms with Crippen molar-refractivity contribution in [3.05, 3.63) is 71.1 Å². The molecule has 10 heteroatoms. The number of hydrogen-bond donors (Lipinski definition) is 4. The molecule has 4 aromatic rings. The number of benzene rings is 2. The highest BCUT2D eigenvalue weighted by Gasteiger charge is 2.35. The summed E-state index contributed by atoms with van der Waals surface area (Å²) in [6.07, 6.45) is 1.61. The molecule has 2 aromatic carbocycles. The van der Waals surface area contributed by atoms with Crippen LogP contribution in [0, 0.1) is 0 Å². The van der Waals surface area contributed by atoms with Gasteiger partial charge in [0.05, 0.1) is 24.3 Å². The summed E-state index contributed by atoms with van der Waals surface area (Å²) in [5.74, 6) is 1.36. The molecule has 0 atom stereocenters. The number of carbonyl (C=O) groups excluding carboxylic acids is 1. The average molecular weight is 513 g/mol. The zero-order valence-electron chi connectivity index (χ0n) is 21.1. The molecule has 2 aliphatic rings. The van der Waals surface area contributed by atoms with Crippen LogP contribution in [0.15, 0.2) is 65.6 Å². The van der Waals surface area contributed by atoms with Gasteiger partial charge < -0.3 is 35.3 Å². The molecule has 0 saturated carbocycles. The van der Waals surface area contributed by atoms with Crippen molar-refractivity contribution in [2.75, 3.05) is 47.2 Å². The monoisotopic (exact) mass is 512 g/mol. The summed E-state index contributed by atoms with van der Waals surface area (Å²) in [6.45, 7) is 6.61. The second-order valence-corrected chi connectivity index (χ2v) is 9.80. The van der Waals surface area contributed by atoms with E-state index in [0.29, 0.717) is 34.1 Å². The third kappa shape index (κ3) is 4.61. The Bertz CT molecular complexity index is 1580. The molecule has 0 bridgehead atoms. The van der Waals surface area contributed by atoms with Gasteiger partial charge in [0.15, 0.2) is 5.60 Å². The van der Waals surface area contributed by atoms with E-state index < -0.39 is 5.60 Å². The Hall–Kier alpha value is -4.57. The van der Waals surface area contributed by atoms with Gasteiger partial charge in [0, 0.05) is 36.3 Å². The van der Waals surface area contributed by atoms with Crippen LogP contribution in [0.1, 0.15) is 13.8 Å². The molecular formula is C28H28N6O4. The number of nitrogens with one attached hydrogen (secondary N) is 4. The molecule has 0 radical (unpaired) electrons. The van der Waals surface area contributed by atoms with E-state index in [0.717, 1.165) is 43.1 Å². The van der Waals surface area contributed by atoms with E-state index in [1.807, 2.05) is 42.5 Å². The lowest BCUT2D eigenvalue weighted by atomic mass is 10.1. The SMILES string of the molecule is CC1(C)Oc2ccc(Nc3cc4cc[nH]c(=O)c4c(Nc4ccc(N5CCOCC5)cc4)n3)cc2NC1=O. The molecular weight excluding hydrogens is 484 g/mol. The molecule has 2 aliphatic heterocycles. The molecule has 0 spiro atoms. The van der Waals surface area contributed by atoms with Gasteiger partial charge in [-0.15, -0.1) is 0 Å². The van der Waals surface area contributed by atoms with Crippen LogP contribution in [0.25, 0.3) is 10.8 Å². The maximum atomic E-state index is 12.7. The first-order valence-corrected chi connectivity index (χ1v) is 12.5. The van der Waals surface area contributed by atoms with Crippen molar-refractivity contribution in [2.45, 2.75) is 19.4 Å². The number of aromatic nitrogens is 2. The van der Waals surface area contributed by atoms with Crippen LogP contribution >= 0.6 is 0 Å². The molecule has 0 unspecified atom stereocenters. The molecule has 4 heterocycles. The number of aromatic amines is 1. The number of H-pyrrole nitrogens is 1. The maximum absolute atomic E-state index is 12.7. The number of anilines is 6. The highest BCUT2D eigenvalue weighted by molar-refractivity contribution is 6.01. The summed E-state index contributed by atoms with van der Waals surface area (Å²) in [5, 5.41) is 10.7. The molecule has 6 rings (SSSR count). The van der Waals surface area contributed by atoms with Crippen LogP contribution in [0.2, 0.25) is 0 Å². The number of morpholine rings is 1. The van der Waals surface area contributed by atoms with Crippen molar-refractivity contribution in [3.63, 3.8) is 0 Å². The number of amides is 1. The number of hydrogen-bond acceptors (Lipinski definition) is 8. The molecule has 10 nitrogen and oxygen atoms in total. The Morgan fingerprint density at radius 3 is 2.50 bits per heavy atom. The second-order valence-electron chi connectivity index (χ2n) is 9.80. The van der Waals surface area contributed by atoms with E-state index in [1.54, 1.807) is 32.2 Å². The minimum absolute atomic E-state index is 0.212. The predicted molar refractivity (Wildman–Crippen MR) is 148 cm³/mol. The van der Waals surface area contributed by atoms with Gasteiger partial charge in [0.2, 0.25) is 0 Å². The number of pyridine rings is 2. The number of ether oxygens (including phenoxy) is 2. The average Bonchev–Trinajstić information content (AvgIpc) is 2.90. The molecule has 1 fully saturated rings. The van der Waals surface area contributed by atoms with E-state index in [1.165, 1.54) is 0 Å². The molecule has 4 N–H and O–H groups in total. The van der Waals surface area contributed by atoms with Crippen molar-refractivity contribution in [1.29, 1.82) is 0 Å². The van der Waals surface area contributed by atoms with Gasteiger partial charge in [0.25, 0.3) is 11.5 Å². The third-order valence-corrected chi connectivity index (χ3v) is 6.67. The van der Waals surface area contributed by atoms with E-state index in [-0.39, 0.29) is 11.5 Å². The molecule has 194 valence electrons. The van der Waals surface area contributed by atoms with Gasteiger partial charge in [-0.1, -0.05) is 0 Å². The summed E-state index contributed by atoms with van der Waals surface area (Å²) in [5.41, 5.74) is 2.06. The van der Waals surface area contributed by atoms with E-state index >= 15 is 0 Å². The van der Waals surface area contributed by atoms with Crippen molar-refractivity contribution >= 4 is 51.1 Å². The van der Waals surface area contributed by atoms with E-state index in [2.05, 4.69) is 25.8 Å². The Morgan fingerprint density at radius 2 is 1.71 bits per heavy atom. The predicted octanol–water partition coefficient (Wildman–Crippen LogP) is 4.36. The van der Waals surface area contributed by atoms with E-state index in [9.17, 15) is 9.59 Å². The highest BCUT2D eigenvalue weighted by atomic mass is 16.5. The number of carbonyl (C=O) groups is 1. The van der Waals surface area contributed by atoms with Gasteiger partial charge >= 0.3 is 0 Å². The van der Waals surface area contributed by atoms with E-state index in [4.69, 9.17) is 14.5 Å². The molecule has 0 aliphatic carbocycles. The minimum Gasteiger partial charge on any atom is -0.476 e. The van der Waals surface area contributed by atoms with Crippen LogP contribution in [-0.4, -0.2) is 47.8 Å². The van der Waals surface area contributed by atoms with Gasteiger partial charge in [-0.25, -0.2) is 4.98 Å². The van der Waals surface area contributed by atoms with Crippen molar-refractivity contribution < 1.29 is 14.3 Å². The smallest absolute Gasteiger partial charge is 0.268 e. The summed E-state index contributed by atoms with van der Waals surface area (Å²) in [4.78, 5) is 34.8. The van der Waals surface area contributed by atoms with Crippen molar-refractivity contribution in [1.82, 2.24) is 9.97 Å². The Kier molecular flexibility index (Phi) is 5.88. The topological polar surface area (TPSA) is 121 Å². The maximum Gasteiger partial charge on any atom is 0.268 e. The van der Waals surface area contributed by atoms with Crippen molar-refractivity contribution in [2.24, 2.45) is 0 Å². The largest absolute Gasteiger partial charge is 0.476 e. The number of rotatable bonds is 5. The fraction of sp³-hybridized carbons (Fsp3) is 0.250. The third-order valence-electron chi connectivity index (χ3n) is 6.67. The molecule has 2 aromatic heterocycles. The molecule has 1 saturated heterocycles. The van der Waals surface area contributed by atoms with Crippen LogP contribution in [0.4, 0.5) is 34.4 Å². The first-order valence-electron chi connectivity index (χ1n) is 12.5. The summed E-state index contributed by atoms with van der Waals surface area (Å²) in [7, 11) is 0. The number of nitrogens with zero attached hydrogens (tertiary/aromatic N) is 2. The zero-order chi connectivity index (χ0) is 26.3. The van der Waals surface area contributed by atoms with Gasteiger partial charge in [-0.05, 0) is 73.8 Å². The minimum atomic E-state index is -0.935. The Balaban J connectivity index is 1.30. The normalized spacial score (nSPS) is 16.4. The van der Waals surface area contributed by atoms with Gasteiger partial charge in [-0.3, -0.25) is 9.59 Å². The second kappa shape index (κ2) is 9.38. The van der Waals surface area contributed by atoms with Gasteiger partial charge in [0.1, 0.15) is 17.4 Å². The van der Waals surface area contributed by atoms with Crippen LogP contribution in [-0.2, 0) is 9.53 Å². The zero-order valence-corrected chi connectivity index (χ0v) is 21.1. The summed E-state index contributed by atoms with van der Waals surface area (Å²) < 4.78 is 11.3. The lowest BCUT2D eigenvalue weighted by Crippen LogP contribution is -2.45. The highest BCUT2D eigenvalue weighted by Crippen LogP contribution is 2.36. The fourth-order valence-electron chi connectivity index (χ4n) is 4.62. The number of fused-ring (bicyclic) bond motifs is 2. The standard InChI is InChI=1S/C28H28N6O4/c1-28(2)27(36)32-21-16-19(5-8-22(21)38-28)30-23-15-17-9-10-29-26(35)24(17)25(33-23)31-18-3-6-20(7-4-18)34-11-13-37-14-12-34/h3-10,15-16H,11-14H2,1-2H3,(H,29,35)(H,32,36)(H2,30,31,33). The Labute approximate surface area is 219 Å². The van der Waals surface area contributed by atoms with Gasteiger partial charge in [-0.2, -0.15) is 0 Å². The van der Waals surface area contributed by atoms with Crippen LogP contribution < -0.4 is 31.1 Å². The van der Waals surface area contributed by atoms with Crippen LogP contribution in [0.3, 0.4) is 0 Å². The van der Waals surface area contributed by atoms with Crippen LogP contribution in [0.5, 0.6) is 5.75 Å². The summed E-state index contributed by atoms with van der Waals surface area (Å²) >= 11 is 0. The lowest BCUT2D eigenvalue weighted by molar-refractivity contribution is -0.129. The lowest BCUT2D eigenvalue weighted by Gasteiger charge is -2.31. The fourth-order valence-corrected chi connectivity index (χ4v) is 4.62.